The van der Waals surface area contributed by atoms with Crippen molar-refractivity contribution >= 4 is 38.8 Å². The predicted molar refractivity (Wildman–Crippen MR) is 123 cm³/mol. The van der Waals surface area contributed by atoms with Crippen molar-refractivity contribution in [2.75, 3.05) is 7.11 Å². The molecule has 0 bridgehead atoms. The van der Waals surface area contributed by atoms with Crippen molar-refractivity contribution in [1.29, 1.82) is 0 Å². The summed E-state index contributed by atoms with van der Waals surface area (Å²) in [5.41, 5.74) is 0.606. The average Bonchev–Trinajstić information content (AvgIpc) is 3.47. The Morgan fingerprint density at radius 2 is 1.94 bits per heavy atom. The van der Waals surface area contributed by atoms with Gasteiger partial charge in [0.1, 0.15) is 17.0 Å². The van der Waals surface area contributed by atoms with Crippen molar-refractivity contribution in [2.45, 2.75) is 26.1 Å². The number of aromatic nitrogens is 2. The molecule has 0 saturated heterocycles. The Morgan fingerprint density at radius 3 is 2.71 bits per heavy atom. The van der Waals surface area contributed by atoms with Gasteiger partial charge in [-0.05, 0) is 47.0 Å². The molecule has 7 nitrogen and oxygen atoms in total. The van der Waals surface area contributed by atoms with E-state index < -0.39 is 5.69 Å². The van der Waals surface area contributed by atoms with Crippen LogP contribution in [-0.2, 0) is 30.8 Å². The lowest BCUT2D eigenvalue weighted by Crippen LogP contribution is -2.42. The fourth-order valence-corrected chi connectivity index (χ4v) is 4.88. The third-order valence-electron chi connectivity index (χ3n) is 4.92. The van der Waals surface area contributed by atoms with Crippen molar-refractivity contribution in [3.63, 3.8) is 0 Å². The van der Waals surface area contributed by atoms with Gasteiger partial charge in [-0.25, -0.2) is 4.79 Å². The van der Waals surface area contributed by atoms with Gasteiger partial charge in [-0.2, -0.15) is 0 Å². The lowest BCUT2D eigenvalue weighted by Gasteiger charge is -2.12. The van der Waals surface area contributed by atoms with Crippen LogP contribution in [0.1, 0.15) is 10.4 Å². The summed E-state index contributed by atoms with van der Waals surface area (Å²) in [5, 5.41) is 6.56. The minimum atomic E-state index is -0.469. The highest BCUT2D eigenvalue weighted by molar-refractivity contribution is 7.17. The van der Waals surface area contributed by atoms with Crippen molar-refractivity contribution in [3.05, 3.63) is 84.5 Å². The van der Waals surface area contributed by atoms with E-state index in [0.717, 1.165) is 10.4 Å². The summed E-state index contributed by atoms with van der Waals surface area (Å²) in [5.74, 6) is 0.404. The van der Waals surface area contributed by atoms with Crippen LogP contribution in [-0.4, -0.2) is 22.2 Å². The first-order valence-electron chi connectivity index (χ1n) is 9.69. The number of nitrogens with zero attached hydrogens (tertiary/aromatic N) is 2. The molecular formula is C22H21N3O4S2. The highest BCUT2D eigenvalue weighted by atomic mass is 32.1. The Morgan fingerprint density at radius 1 is 1.06 bits per heavy atom. The Kier molecular flexibility index (Phi) is 6.34. The second-order valence-electron chi connectivity index (χ2n) is 6.92. The number of carbonyl (C=O) groups is 1. The quantitative estimate of drug-likeness (QED) is 0.443. The van der Waals surface area contributed by atoms with Crippen LogP contribution in [0.4, 0.5) is 0 Å². The van der Waals surface area contributed by atoms with E-state index in [2.05, 4.69) is 5.32 Å². The van der Waals surface area contributed by atoms with E-state index in [1.54, 1.807) is 29.9 Å². The van der Waals surface area contributed by atoms with Crippen LogP contribution in [0.25, 0.3) is 10.2 Å². The standard InChI is InChI=1S/C22H21N3O4S2/c1-29-16-5-2-4-15(12-16)13-23-19(26)14-25-18-8-11-31-20(18)21(27)24(22(25)28)9-7-17-6-3-10-30-17/h2-6,8,10-12H,7,9,13-14H2,1H3,(H,23,26). The van der Waals surface area contributed by atoms with Crippen LogP contribution >= 0.6 is 22.7 Å². The second-order valence-corrected chi connectivity index (χ2v) is 8.87. The summed E-state index contributed by atoms with van der Waals surface area (Å²) in [6.07, 6.45) is 0.589. The van der Waals surface area contributed by atoms with E-state index in [9.17, 15) is 14.4 Å². The number of benzene rings is 1. The van der Waals surface area contributed by atoms with Gasteiger partial charge in [-0.3, -0.25) is 18.7 Å². The number of aryl methyl sites for hydroxylation is 1. The highest BCUT2D eigenvalue weighted by Gasteiger charge is 2.16. The molecule has 0 aliphatic rings. The molecule has 0 unspecified atom stereocenters. The molecule has 9 heteroatoms. The first-order valence-corrected chi connectivity index (χ1v) is 11.5. The Labute approximate surface area is 186 Å². The number of nitrogens with one attached hydrogen (secondary N) is 1. The molecule has 4 rings (SSSR count). The molecular weight excluding hydrogens is 434 g/mol. The van der Waals surface area contributed by atoms with Crippen LogP contribution in [0.15, 0.2) is 62.8 Å². The first kappa shape index (κ1) is 21.1. The molecule has 4 aromatic rings. The van der Waals surface area contributed by atoms with Crippen LogP contribution in [0.2, 0.25) is 0 Å². The SMILES string of the molecule is COc1cccc(CNC(=O)Cn2c(=O)n(CCc3cccs3)c(=O)c3sccc32)c1. The molecule has 0 aliphatic heterocycles. The van der Waals surface area contributed by atoms with Gasteiger partial charge in [0.05, 0.1) is 12.6 Å². The summed E-state index contributed by atoms with van der Waals surface area (Å²) in [7, 11) is 1.59. The van der Waals surface area contributed by atoms with Crippen molar-refractivity contribution < 1.29 is 9.53 Å². The number of thiophene rings is 2. The van der Waals surface area contributed by atoms with E-state index in [-0.39, 0.29) is 24.6 Å². The number of hydrogen-bond donors (Lipinski definition) is 1. The van der Waals surface area contributed by atoms with Gasteiger partial charge < -0.3 is 10.1 Å². The van der Waals surface area contributed by atoms with Crippen molar-refractivity contribution in [1.82, 2.24) is 14.5 Å². The normalized spacial score (nSPS) is 11.0. The fraction of sp³-hybridized carbons (Fsp3) is 0.227. The van der Waals surface area contributed by atoms with Gasteiger partial charge in [0.25, 0.3) is 5.56 Å². The summed E-state index contributed by atoms with van der Waals surface area (Å²) >= 11 is 2.87. The third-order valence-corrected chi connectivity index (χ3v) is 6.75. The molecule has 160 valence electrons. The molecule has 1 N–H and O–H groups in total. The minimum Gasteiger partial charge on any atom is -0.497 e. The lowest BCUT2D eigenvalue weighted by atomic mass is 10.2. The van der Waals surface area contributed by atoms with E-state index in [1.807, 2.05) is 41.8 Å². The zero-order chi connectivity index (χ0) is 21.8. The maximum Gasteiger partial charge on any atom is 0.332 e. The predicted octanol–water partition coefficient (Wildman–Crippen LogP) is 2.85. The molecule has 0 atom stereocenters. The van der Waals surface area contributed by atoms with Crippen molar-refractivity contribution in [2.24, 2.45) is 0 Å². The molecule has 1 amide bonds. The van der Waals surface area contributed by atoms with Crippen LogP contribution in [0.5, 0.6) is 5.75 Å². The van der Waals surface area contributed by atoms with Gasteiger partial charge >= 0.3 is 5.69 Å². The lowest BCUT2D eigenvalue weighted by molar-refractivity contribution is -0.121. The van der Waals surface area contributed by atoms with E-state index in [0.29, 0.717) is 28.9 Å². The Balaban J connectivity index is 1.56. The molecule has 1 aromatic carbocycles. The Hall–Kier alpha value is -3.17. The number of ether oxygens (including phenoxy) is 1. The first-order chi connectivity index (χ1) is 15.1. The molecule has 3 heterocycles. The molecule has 0 spiro atoms. The van der Waals surface area contributed by atoms with E-state index in [1.165, 1.54) is 20.5 Å². The monoisotopic (exact) mass is 455 g/mol. The number of methoxy groups -OCH3 is 1. The fourth-order valence-electron chi connectivity index (χ4n) is 3.34. The average molecular weight is 456 g/mol. The summed E-state index contributed by atoms with van der Waals surface area (Å²) in [6.45, 7) is 0.433. The third kappa shape index (κ3) is 4.62. The van der Waals surface area contributed by atoms with Crippen LogP contribution in [0.3, 0.4) is 0 Å². The number of hydrogen-bond acceptors (Lipinski definition) is 6. The molecule has 0 fully saturated rings. The topological polar surface area (TPSA) is 82.3 Å². The smallest absolute Gasteiger partial charge is 0.332 e. The summed E-state index contributed by atoms with van der Waals surface area (Å²) in [4.78, 5) is 39.6. The van der Waals surface area contributed by atoms with Gasteiger partial charge in [-0.15, -0.1) is 22.7 Å². The number of carbonyl (C=O) groups excluding carboxylic acids is 1. The molecule has 31 heavy (non-hydrogen) atoms. The van der Waals surface area contributed by atoms with Crippen LogP contribution < -0.4 is 21.3 Å². The van der Waals surface area contributed by atoms with E-state index in [4.69, 9.17) is 4.74 Å². The van der Waals surface area contributed by atoms with Crippen LogP contribution in [0, 0.1) is 0 Å². The Bertz CT molecular complexity index is 1320. The second kappa shape index (κ2) is 9.32. The molecule has 3 aromatic heterocycles. The van der Waals surface area contributed by atoms with Gasteiger partial charge in [0.2, 0.25) is 5.91 Å². The number of fused-ring (bicyclic) bond motifs is 1. The van der Waals surface area contributed by atoms with Gasteiger partial charge in [0.15, 0.2) is 0 Å². The zero-order valence-electron chi connectivity index (χ0n) is 16.9. The van der Waals surface area contributed by atoms with Crippen molar-refractivity contribution in [3.8, 4) is 5.75 Å². The molecule has 0 saturated carbocycles. The summed E-state index contributed by atoms with van der Waals surface area (Å²) < 4.78 is 8.28. The van der Waals surface area contributed by atoms with Gasteiger partial charge in [0, 0.05) is 18.0 Å². The summed E-state index contributed by atoms with van der Waals surface area (Å²) in [6, 6.07) is 13.0. The van der Waals surface area contributed by atoms with E-state index >= 15 is 0 Å². The number of rotatable bonds is 8. The molecule has 0 radical (unpaired) electrons. The maximum absolute atomic E-state index is 13.1. The number of amides is 1. The minimum absolute atomic E-state index is 0.157. The highest BCUT2D eigenvalue weighted by Crippen LogP contribution is 2.16. The largest absolute Gasteiger partial charge is 0.497 e. The van der Waals surface area contributed by atoms with Gasteiger partial charge in [-0.1, -0.05) is 18.2 Å². The molecule has 0 aliphatic carbocycles. The maximum atomic E-state index is 13.1. The zero-order valence-corrected chi connectivity index (χ0v) is 18.5.